The first-order valence-corrected chi connectivity index (χ1v) is 6.75. The predicted molar refractivity (Wildman–Crippen MR) is 77.4 cm³/mol. The molecule has 1 aliphatic heterocycles. The number of hydrogen-bond donors (Lipinski definition) is 1. The van der Waals surface area contributed by atoms with E-state index in [9.17, 15) is 5.11 Å². The van der Waals surface area contributed by atoms with Crippen LogP contribution < -0.4 is 9.47 Å². The van der Waals surface area contributed by atoms with Gasteiger partial charge in [-0.25, -0.2) is 0 Å². The Kier molecular flexibility index (Phi) is 3.36. The van der Waals surface area contributed by atoms with Crippen LogP contribution in [0.25, 0.3) is 0 Å². The molecule has 0 radical (unpaired) electrons. The summed E-state index contributed by atoms with van der Waals surface area (Å²) in [5.41, 5.74) is 2.98. The molecule has 3 rings (SSSR count). The Labute approximate surface area is 118 Å². The monoisotopic (exact) mass is 270 g/mol. The molecule has 20 heavy (non-hydrogen) atoms. The molecule has 104 valence electrons. The molecule has 0 saturated carbocycles. The van der Waals surface area contributed by atoms with E-state index in [1.54, 1.807) is 7.11 Å². The van der Waals surface area contributed by atoms with Gasteiger partial charge in [0.15, 0.2) is 0 Å². The van der Waals surface area contributed by atoms with Gasteiger partial charge in [-0.15, -0.1) is 0 Å². The van der Waals surface area contributed by atoms with E-state index in [0.29, 0.717) is 12.4 Å². The number of ether oxygens (including phenoxy) is 2. The van der Waals surface area contributed by atoms with Crippen molar-refractivity contribution in [3.8, 4) is 11.5 Å². The van der Waals surface area contributed by atoms with Gasteiger partial charge in [-0.1, -0.05) is 29.8 Å². The zero-order valence-corrected chi connectivity index (χ0v) is 11.7. The molecule has 2 atom stereocenters. The maximum absolute atomic E-state index is 10.7. The van der Waals surface area contributed by atoms with Crippen molar-refractivity contribution in [1.82, 2.24) is 0 Å². The lowest BCUT2D eigenvalue weighted by Crippen LogP contribution is -2.13. The largest absolute Gasteiger partial charge is 0.496 e. The molecule has 2 aromatic rings. The lowest BCUT2D eigenvalue weighted by Gasteiger charge is -2.20. The topological polar surface area (TPSA) is 38.7 Å². The fourth-order valence-corrected chi connectivity index (χ4v) is 2.75. The number of rotatable bonds is 3. The third-order valence-electron chi connectivity index (χ3n) is 3.82. The Morgan fingerprint density at radius 3 is 2.85 bits per heavy atom. The van der Waals surface area contributed by atoms with Crippen molar-refractivity contribution in [3.63, 3.8) is 0 Å². The summed E-state index contributed by atoms with van der Waals surface area (Å²) >= 11 is 0. The highest BCUT2D eigenvalue weighted by Crippen LogP contribution is 2.43. The van der Waals surface area contributed by atoms with Crippen LogP contribution in [0.5, 0.6) is 11.5 Å². The molecule has 3 heteroatoms. The van der Waals surface area contributed by atoms with Crippen LogP contribution in [-0.2, 0) is 0 Å². The van der Waals surface area contributed by atoms with Crippen molar-refractivity contribution in [1.29, 1.82) is 0 Å². The molecule has 0 aromatic heterocycles. The van der Waals surface area contributed by atoms with Gasteiger partial charge < -0.3 is 14.6 Å². The smallest absolute Gasteiger partial charge is 0.124 e. The molecule has 2 aromatic carbocycles. The molecule has 0 amide bonds. The van der Waals surface area contributed by atoms with Gasteiger partial charge >= 0.3 is 0 Å². The first-order valence-electron chi connectivity index (χ1n) is 6.75. The van der Waals surface area contributed by atoms with Crippen LogP contribution in [0, 0.1) is 6.92 Å². The molecule has 1 aliphatic rings. The van der Waals surface area contributed by atoms with E-state index in [-0.39, 0.29) is 5.92 Å². The zero-order valence-electron chi connectivity index (χ0n) is 11.7. The van der Waals surface area contributed by atoms with E-state index >= 15 is 0 Å². The SMILES string of the molecule is COc1ccc(C)cc1C(O)C1COc2ccccc21. The summed E-state index contributed by atoms with van der Waals surface area (Å²) in [6.45, 7) is 2.51. The highest BCUT2D eigenvalue weighted by Gasteiger charge is 2.32. The maximum atomic E-state index is 10.7. The Morgan fingerprint density at radius 2 is 2.05 bits per heavy atom. The zero-order chi connectivity index (χ0) is 14.1. The summed E-state index contributed by atoms with van der Waals surface area (Å²) in [6.07, 6.45) is -0.631. The predicted octanol–water partition coefficient (Wildman–Crippen LogP) is 3.21. The van der Waals surface area contributed by atoms with Gasteiger partial charge in [0.25, 0.3) is 0 Å². The van der Waals surface area contributed by atoms with Gasteiger partial charge in [-0.3, -0.25) is 0 Å². The molecule has 0 spiro atoms. The summed E-state index contributed by atoms with van der Waals surface area (Å²) in [7, 11) is 1.62. The van der Waals surface area contributed by atoms with Crippen LogP contribution in [-0.4, -0.2) is 18.8 Å². The number of aliphatic hydroxyl groups excluding tert-OH is 1. The van der Waals surface area contributed by atoms with E-state index in [4.69, 9.17) is 9.47 Å². The van der Waals surface area contributed by atoms with Crippen molar-refractivity contribution in [2.75, 3.05) is 13.7 Å². The van der Waals surface area contributed by atoms with Gasteiger partial charge in [0, 0.05) is 11.1 Å². The van der Waals surface area contributed by atoms with Crippen molar-refractivity contribution in [2.45, 2.75) is 18.9 Å². The Morgan fingerprint density at radius 1 is 1.25 bits per heavy atom. The highest BCUT2D eigenvalue weighted by atomic mass is 16.5. The summed E-state index contributed by atoms with van der Waals surface area (Å²) in [6, 6.07) is 13.7. The van der Waals surface area contributed by atoms with Gasteiger partial charge in [-0.05, 0) is 25.1 Å². The van der Waals surface area contributed by atoms with Crippen LogP contribution in [0.15, 0.2) is 42.5 Å². The fraction of sp³-hybridized carbons (Fsp3) is 0.294. The van der Waals surface area contributed by atoms with E-state index in [1.807, 2.05) is 49.4 Å². The lowest BCUT2D eigenvalue weighted by molar-refractivity contribution is 0.127. The lowest BCUT2D eigenvalue weighted by atomic mass is 9.90. The Hall–Kier alpha value is -2.00. The second-order valence-electron chi connectivity index (χ2n) is 5.15. The van der Waals surface area contributed by atoms with Crippen LogP contribution >= 0.6 is 0 Å². The minimum Gasteiger partial charge on any atom is -0.496 e. The van der Waals surface area contributed by atoms with Crippen molar-refractivity contribution < 1.29 is 14.6 Å². The second-order valence-corrected chi connectivity index (χ2v) is 5.15. The van der Waals surface area contributed by atoms with Gasteiger partial charge in [0.2, 0.25) is 0 Å². The third kappa shape index (κ3) is 2.14. The highest BCUT2D eigenvalue weighted by molar-refractivity contribution is 5.45. The first-order chi connectivity index (χ1) is 9.70. The van der Waals surface area contributed by atoms with Crippen LogP contribution in [0.1, 0.15) is 28.7 Å². The number of methoxy groups -OCH3 is 1. The Balaban J connectivity index is 1.98. The minimum absolute atomic E-state index is 0.0538. The average Bonchev–Trinajstić information content (AvgIpc) is 2.90. The van der Waals surface area contributed by atoms with E-state index in [0.717, 1.165) is 22.4 Å². The van der Waals surface area contributed by atoms with Crippen LogP contribution in [0.3, 0.4) is 0 Å². The molecule has 1 N–H and O–H groups in total. The quantitative estimate of drug-likeness (QED) is 0.930. The molecule has 0 saturated heterocycles. The standard InChI is InChI=1S/C17H18O3/c1-11-7-8-15(19-2)13(9-11)17(18)14-10-20-16-6-4-3-5-12(14)16/h3-9,14,17-18H,10H2,1-2H3. The molecule has 0 bridgehead atoms. The summed E-state index contributed by atoms with van der Waals surface area (Å²) in [5.74, 6) is 1.53. The molecule has 0 aliphatic carbocycles. The van der Waals surface area contributed by atoms with Crippen molar-refractivity contribution >= 4 is 0 Å². The van der Waals surface area contributed by atoms with E-state index in [1.165, 1.54) is 0 Å². The number of hydrogen-bond acceptors (Lipinski definition) is 3. The molecular formula is C17H18O3. The number of aryl methyl sites for hydroxylation is 1. The summed E-state index contributed by atoms with van der Waals surface area (Å²) < 4.78 is 11.0. The summed E-state index contributed by atoms with van der Waals surface area (Å²) in [4.78, 5) is 0. The molecule has 2 unspecified atom stereocenters. The summed E-state index contributed by atoms with van der Waals surface area (Å²) in [5, 5.41) is 10.7. The van der Waals surface area contributed by atoms with Crippen LogP contribution in [0.2, 0.25) is 0 Å². The number of benzene rings is 2. The number of fused-ring (bicyclic) bond motifs is 1. The maximum Gasteiger partial charge on any atom is 0.124 e. The fourth-order valence-electron chi connectivity index (χ4n) is 2.75. The van der Waals surface area contributed by atoms with Gasteiger partial charge in [-0.2, -0.15) is 0 Å². The minimum atomic E-state index is -0.631. The molecule has 0 fully saturated rings. The van der Waals surface area contributed by atoms with Crippen LogP contribution in [0.4, 0.5) is 0 Å². The third-order valence-corrected chi connectivity index (χ3v) is 3.82. The van der Waals surface area contributed by atoms with E-state index in [2.05, 4.69) is 0 Å². The van der Waals surface area contributed by atoms with E-state index < -0.39 is 6.10 Å². The van der Waals surface area contributed by atoms with Gasteiger partial charge in [0.1, 0.15) is 11.5 Å². The number of aliphatic hydroxyl groups is 1. The molecule has 1 heterocycles. The Bertz CT molecular complexity index is 621. The second kappa shape index (κ2) is 5.17. The van der Waals surface area contributed by atoms with Crippen molar-refractivity contribution in [2.24, 2.45) is 0 Å². The molecule has 3 nitrogen and oxygen atoms in total. The van der Waals surface area contributed by atoms with Crippen molar-refractivity contribution in [3.05, 3.63) is 59.2 Å². The first kappa shape index (κ1) is 13.0. The average molecular weight is 270 g/mol. The normalized spacial score (nSPS) is 18.2. The van der Waals surface area contributed by atoms with Gasteiger partial charge in [0.05, 0.1) is 25.7 Å². The molecular weight excluding hydrogens is 252 g/mol. The number of para-hydroxylation sites is 1.